The quantitative estimate of drug-likeness (QED) is 0.815. The van der Waals surface area contributed by atoms with Gasteiger partial charge in [0.1, 0.15) is 5.15 Å². The highest BCUT2D eigenvalue weighted by Gasteiger charge is 2.16. The Labute approximate surface area is 142 Å². The fourth-order valence-corrected chi connectivity index (χ4v) is 2.70. The normalized spacial score (nSPS) is 11.1. The summed E-state index contributed by atoms with van der Waals surface area (Å²) in [6, 6.07) is 8.13. The van der Waals surface area contributed by atoms with Crippen molar-refractivity contribution >= 4 is 23.0 Å². The Kier molecular flexibility index (Phi) is 5.91. The van der Waals surface area contributed by atoms with E-state index in [4.69, 9.17) is 16.7 Å². The first-order valence-corrected chi connectivity index (χ1v) is 8.19. The maximum Gasteiger partial charge on any atom is 0.131 e. The number of halogens is 1. The number of benzene rings is 1. The number of aromatic nitrogens is 2. The van der Waals surface area contributed by atoms with Gasteiger partial charge in [-0.15, -0.1) is 0 Å². The van der Waals surface area contributed by atoms with Gasteiger partial charge in [0.15, 0.2) is 0 Å². The molecule has 2 rings (SSSR count). The predicted molar refractivity (Wildman–Crippen MR) is 96.4 cm³/mol. The molecule has 1 aromatic heterocycles. The zero-order chi connectivity index (χ0) is 17.0. The Morgan fingerprint density at radius 2 is 1.96 bits per heavy atom. The van der Waals surface area contributed by atoms with Crippen molar-refractivity contribution in [3.05, 3.63) is 40.7 Å². The van der Waals surface area contributed by atoms with Gasteiger partial charge >= 0.3 is 0 Å². The van der Waals surface area contributed by atoms with Gasteiger partial charge in [-0.05, 0) is 30.2 Å². The SMILES string of the molecule is CC(C)c1nn(C)c(Cl)c1CNc1ccc(N(C)CCO)cc1. The van der Waals surface area contributed by atoms with Crippen LogP contribution in [0.5, 0.6) is 0 Å². The average molecular weight is 337 g/mol. The Morgan fingerprint density at radius 3 is 2.52 bits per heavy atom. The predicted octanol–water partition coefficient (Wildman–Crippen LogP) is 3.24. The highest BCUT2D eigenvalue weighted by molar-refractivity contribution is 6.30. The minimum Gasteiger partial charge on any atom is -0.395 e. The van der Waals surface area contributed by atoms with Crippen LogP contribution in [0.3, 0.4) is 0 Å². The fourth-order valence-electron chi connectivity index (χ4n) is 2.50. The summed E-state index contributed by atoms with van der Waals surface area (Å²) < 4.78 is 1.72. The van der Waals surface area contributed by atoms with Gasteiger partial charge in [0.25, 0.3) is 0 Å². The number of rotatable bonds is 7. The summed E-state index contributed by atoms with van der Waals surface area (Å²) in [6.07, 6.45) is 0. The second-order valence-corrected chi connectivity index (χ2v) is 6.34. The van der Waals surface area contributed by atoms with Gasteiger partial charge < -0.3 is 15.3 Å². The monoisotopic (exact) mass is 336 g/mol. The van der Waals surface area contributed by atoms with E-state index in [9.17, 15) is 0 Å². The summed E-state index contributed by atoms with van der Waals surface area (Å²) >= 11 is 6.36. The van der Waals surface area contributed by atoms with E-state index in [2.05, 4.69) is 24.3 Å². The van der Waals surface area contributed by atoms with E-state index >= 15 is 0 Å². The Bertz CT molecular complexity index is 637. The van der Waals surface area contributed by atoms with Crippen LogP contribution in [0.25, 0.3) is 0 Å². The molecular weight excluding hydrogens is 312 g/mol. The van der Waals surface area contributed by atoms with Crippen molar-refractivity contribution in [2.45, 2.75) is 26.3 Å². The number of nitrogens with zero attached hydrogens (tertiary/aromatic N) is 3. The number of nitrogens with one attached hydrogen (secondary N) is 1. The summed E-state index contributed by atoms with van der Waals surface area (Å²) in [5.41, 5.74) is 4.18. The van der Waals surface area contributed by atoms with E-state index in [1.54, 1.807) is 4.68 Å². The van der Waals surface area contributed by atoms with Crippen LogP contribution in [0.1, 0.15) is 31.0 Å². The molecule has 0 aliphatic carbocycles. The van der Waals surface area contributed by atoms with Crippen LogP contribution >= 0.6 is 11.6 Å². The van der Waals surface area contributed by atoms with Crippen molar-refractivity contribution in [3.63, 3.8) is 0 Å². The molecule has 0 saturated heterocycles. The molecular formula is C17H25ClN4O. The van der Waals surface area contributed by atoms with Crippen molar-refractivity contribution in [3.8, 4) is 0 Å². The lowest BCUT2D eigenvalue weighted by molar-refractivity contribution is 0.304. The molecule has 0 bridgehead atoms. The first-order valence-electron chi connectivity index (χ1n) is 7.81. The van der Waals surface area contributed by atoms with Crippen LogP contribution in [0.4, 0.5) is 11.4 Å². The van der Waals surface area contributed by atoms with Crippen molar-refractivity contribution in [2.75, 3.05) is 30.4 Å². The van der Waals surface area contributed by atoms with Crippen molar-refractivity contribution in [1.82, 2.24) is 9.78 Å². The average Bonchev–Trinajstić information content (AvgIpc) is 2.81. The smallest absolute Gasteiger partial charge is 0.131 e. The third kappa shape index (κ3) is 4.18. The Hall–Kier alpha value is -1.72. The van der Waals surface area contributed by atoms with Crippen LogP contribution in [-0.2, 0) is 13.6 Å². The van der Waals surface area contributed by atoms with Crippen molar-refractivity contribution < 1.29 is 5.11 Å². The number of anilines is 2. The molecule has 1 heterocycles. The van der Waals surface area contributed by atoms with E-state index in [0.717, 1.165) is 22.6 Å². The third-order valence-electron chi connectivity index (χ3n) is 3.86. The second-order valence-electron chi connectivity index (χ2n) is 5.98. The largest absolute Gasteiger partial charge is 0.395 e. The molecule has 5 nitrogen and oxygen atoms in total. The van der Waals surface area contributed by atoms with Gasteiger partial charge in [0.05, 0.1) is 12.3 Å². The Balaban J connectivity index is 2.07. The molecule has 2 N–H and O–H groups in total. The lowest BCUT2D eigenvalue weighted by Crippen LogP contribution is -2.20. The van der Waals surface area contributed by atoms with E-state index in [-0.39, 0.29) is 6.61 Å². The molecule has 23 heavy (non-hydrogen) atoms. The molecule has 2 aromatic rings. The number of hydrogen-bond donors (Lipinski definition) is 2. The summed E-state index contributed by atoms with van der Waals surface area (Å²) in [5.74, 6) is 0.333. The first-order chi connectivity index (χ1) is 10.9. The second kappa shape index (κ2) is 7.70. The zero-order valence-electron chi connectivity index (χ0n) is 14.2. The van der Waals surface area contributed by atoms with E-state index in [1.807, 2.05) is 43.3 Å². The maximum absolute atomic E-state index is 8.99. The first kappa shape index (κ1) is 17.6. The minimum atomic E-state index is 0.147. The Morgan fingerprint density at radius 1 is 1.30 bits per heavy atom. The number of likely N-dealkylation sites (N-methyl/N-ethyl adjacent to an activating group) is 1. The molecule has 0 radical (unpaired) electrons. The molecule has 0 atom stereocenters. The highest BCUT2D eigenvalue weighted by atomic mass is 35.5. The molecule has 0 spiro atoms. The third-order valence-corrected chi connectivity index (χ3v) is 4.33. The summed E-state index contributed by atoms with van der Waals surface area (Å²) in [7, 11) is 3.83. The molecule has 0 saturated carbocycles. The number of hydrogen-bond acceptors (Lipinski definition) is 4. The van der Waals surface area contributed by atoms with Crippen molar-refractivity contribution in [2.24, 2.45) is 7.05 Å². The number of aryl methyl sites for hydroxylation is 1. The van der Waals surface area contributed by atoms with Gasteiger partial charge in [0, 0.05) is 44.1 Å². The van der Waals surface area contributed by atoms with E-state index in [0.29, 0.717) is 24.2 Å². The molecule has 0 unspecified atom stereocenters. The van der Waals surface area contributed by atoms with E-state index < -0.39 is 0 Å². The van der Waals surface area contributed by atoms with Gasteiger partial charge in [-0.25, -0.2) is 0 Å². The molecule has 0 fully saturated rings. The van der Waals surface area contributed by atoms with Gasteiger partial charge in [-0.2, -0.15) is 5.10 Å². The molecule has 0 amide bonds. The highest BCUT2D eigenvalue weighted by Crippen LogP contribution is 2.26. The lowest BCUT2D eigenvalue weighted by atomic mass is 10.1. The maximum atomic E-state index is 8.99. The van der Waals surface area contributed by atoms with Gasteiger partial charge in [-0.3, -0.25) is 4.68 Å². The lowest BCUT2D eigenvalue weighted by Gasteiger charge is -2.18. The zero-order valence-corrected chi connectivity index (χ0v) is 14.9. The number of aliphatic hydroxyl groups is 1. The summed E-state index contributed by atoms with van der Waals surface area (Å²) in [6.45, 7) is 5.65. The standard InChI is InChI=1S/C17H25ClN4O/c1-12(2)16-15(17(18)22(4)20-16)11-19-13-5-7-14(8-6-13)21(3)9-10-23/h5-8,12,19,23H,9-11H2,1-4H3. The van der Waals surface area contributed by atoms with Crippen LogP contribution in [0, 0.1) is 0 Å². The molecule has 126 valence electrons. The van der Waals surface area contributed by atoms with Crippen molar-refractivity contribution in [1.29, 1.82) is 0 Å². The molecule has 6 heteroatoms. The summed E-state index contributed by atoms with van der Waals surface area (Å²) in [5, 5.41) is 17.6. The fraction of sp³-hybridized carbons (Fsp3) is 0.471. The molecule has 0 aliphatic rings. The van der Waals surface area contributed by atoms with Crippen LogP contribution in [0.2, 0.25) is 5.15 Å². The van der Waals surface area contributed by atoms with E-state index in [1.165, 1.54) is 0 Å². The van der Waals surface area contributed by atoms with Gasteiger partial charge in [0.2, 0.25) is 0 Å². The summed E-state index contributed by atoms with van der Waals surface area (Å²) in [4.78, 5) is 2.01. The topological polar surface area (TPSA) is 53.3 Å². The van der Waals surface area contributed by atoms with Crippen LogP contribution < -0.4 is 10.2 Å². The number of aliphatic hydroxyl groups excluding tert-OH is 1. The molecule has 1 aromatic carbocycles. The van der Waals surface area contributed by atoms with Crippen LogP contribution in [-0.4, -0.2) is 35.1 Å². The van der Waals surface area contributed by atoms with Gasteiger partial charge in [-0.1, -0.05) is 25.4 Å². The van der Waals surface area contributed by atoms with Crippen LogP contribution in [0.15, 0.2) is 24.3 Å². The molecule has 0 aliphatic heterocycles. The minimum absolute atomic E-state index is 0.147.